The van der Waals surface area contributed by atoms with Gasteiger partial charge in [-0.15, -0.1) is 5.10 Å². The van der Waals surface area contributed by atoms with Gasteiger partial charge in [0.15, 0.2) is 0 Å². The second-order valence-corrected chi connectivity index (χ2v) is 2.08. The molecular formula is C5H9N5O. The molecule has 0 saturated heterocycles. The van der Waals surface area contributed by atoms with Crippen LogP contribution in [0.15, 0.2) is 0 Å². The zero-order chi connectivity index (χ0) is 8.10. The Morgan fingerprint density at radius 3 is 3.09 bits per heavy atom. The zero-order valence-electron chi connectivity index (χ0n) is 6.16. The van der Waals surface area contributed by atoms with E-state index in [1.54, 1.807) is 0 Å². The van der Waals surface area contributed by atoms with Crippen LogP contribution in [0.1, 0.15) is 12.7 Å². The third-order valence-corrected chi connectivity index (χ3v) is 1.12. The standard InChI is InChI=1S/C5H9N5O/c1-4(11)6-3-2-5-7-9-10-8-5/h2-3H2,1H3,(H,6,11)(H,7,8,9,10). The predicted octanol–water partition coefficient (Wildman–Crippen LogP) is -1.12. The van der Waals surface area contributed by atoms with Gasteiger partial charge < -0.3 is 5.32 Å². The van der Waals surface area contributed by atoms with Gasteiger partial charge in [-0.25, -0.2) is 5.10 Å². The monoisotopic (exact) mass is 155 g/mol. The number of carbonyl (C=O) groups excluding carboxylic acids is 1. The van der Waals surface area contributed by atoms with Crippen molar-refractivity contribution in [1.29, 1.82) is 0 Å². The van der Waals surface area contributed by atoms with Crippen LogP contribution in [-0.2, 0) is 11.2 Å². The molecule has 60 valence electrons. The number of hydrogen-bond donors (Lipinski definition) is 2. The summed E-state index contributed by atoms with van der Waals surface area (Å²) in [6.07, 6.45) is 0.632. The Morgan fingerprint density at radius 1 is 1.73 bits per heavy atom. The number of carbonyl (C=O) groups is 1. The summed E-state index contributed by atoms with van der Waals surface area (Å²) in [4.78, 5) is 10.4. The molecule has 0 spiro atoms. The molecule has 0 atom stereocenters. The maximum Gasteiger partial charge on any atom is 0.216 e. The Hall–Kier alpha value is -1.46. The fourth-order valence-corrected chi connectivity index (χ4v) is 0.642. The van der Waals surface area contributed by atoms with Crippen LogP contribution in [0.25, 0.3) is 0 Å². The van der Waals surface area contributed by atoms with Crippen molar-refractivity contribution in [3.8, 4) is 0 Å². The summed E-state index contributed by atoms with van der Waals surface area (Å²) < 4.78 is 0. The van der Waals surface area contributed by atoms with Gasteiger partial charge in [0.1, 0.15) is 5.82 Å². The smallest absolute Gasteiger partial charge is 0.216 e. The highest BCUT2D eigenvalue weighted by Crippen LogP contribution is 1.82. The molecule has 1 rings (SSSR count). The molecule has 0 radical (unpaired) electrons. The van der Waals surface area contributed by atoms with Gasteiger partial charge in [0.05, 0.1) is 0 Å². The molecule has 6 nitrogen and oxygen atoms in total. The van der Waals surface area contributed by atoms with Crippen molar-refractivity contribution in [2.24, 2.45) is 0 Å². The molecule has 11 heavy (non-hydrogen) atoms. The minimum absolute atomic E-state index is 0.0440. The van der Waals surface area contributed by atoms with Crippen LogP contribution in [-0.4, -0.2) is 33.1 Å². The summed E-state index contributed by atoms with van der Waals surface area (Å²) in [5.41, 5.74) is 0. The summed E-state index contributed by atoms with van der Waals surface area (Å²) in [7, 11) is 0. The quantitative estimate of drug-likeness (QED) is 0.579. The number of rotatable bonds is 3. The van der Waals surface area contributed by atoms with Crippen LogP contribution in [0.4, 0.5) is 0 Å². The van der Waals surface area contributed by atoms with Crippen molar-refractivity contribution in [2.75, 3.05) is 6.54 Å². The van der Waals surface area contributed by atoms with Gasteiger partial charge in [0, 0.05) is 19.9 Å². The lowest BCUT2D eigenvalue weighted by Gasteiger charge is -1.96. The van der Waals surface area contributed by atoms with Gasteiger partial charge in [0.25, 0.3) is 0 Å². The summed E-state index contributed by atoms with van der Waals surface area (Å²) in [5.74, 6) is 0.635. The number of nitrogens with one attached hydrogen (secondary N) is 2. The summed E-state index contributed by atoms with van der Waals surface area (Å²) in [5, 5.41) is 15.6. The van der Waals surface area contributed by atoms with Gasteiger partial charge in [-0.05, 0) is 10.4 Å². The number of amides is 1. The molecule has 2 N–H and O–H groups in total. The first-order valence-corrected chi connectivity index (χ1v) is 3.26. The first kappa shape index (κ1) is 7.64. The van der Waals surface area contributed by atoms with E-state index in [9.17, 15) is 4.79 Å². The second-order valence-electron chi connectivity index (χ2n) is 2.08. The summed E-state index contributed by atoms with van der Waals surface area (Å²) in [6, 6.07) is 0. The van der Waals surface area contributed by atoms with Crippen molar-refractivity contribution in [1.82, 2.24) is 25.9 Å². The number of tetrazole rings is 1. The van der Waals surface area contributed by atoms with Crippen molar-refractivity contribution >= 4 is 5.91 Å². The molecule has 0 fully saturated rings. The number of aromatic nitrogens is 4. The third kappa shape index (κ3) is 2.74. The van der Waals surface area contributed by atoms with Crippen LogP contribution in [0.2, 0.25) is 0 Å². The first-order chi connectivity index (χ1) is 5.29. The van der Waals surface area contributed by atoms with Crippen molar-refractivity contribution < 1.29 is 4.79 Å². The van der Waals surface area contributed by atoms with E-state index in [0.717, 1.165) is 0 Å². The molecule has 0 aliphatic rings. The van der Waals surface area contributed by atoms with Crippen molar-refractivity contribution in [3.05, 3.63) is 5.82 Å². The Kier molecular flexibility index (Phi) is 2.53. The lowest BCUT2D eigenvalue weighted by atomic mass is 10.4. The van der Waals surface area contributed by atoms with E-state index in [1.807, 2.05) is 0 Å². The molecule has 1 heterocycles. The van der Waals surface area contributed by atoms with Gasteiger partial charge >= 0.3 is 0 Å². The Labute approximate surface area is 63.4 Å². The van der Waals surface area contributed by atoms with Crippen LogP contribution in [0, 0.1) is 0 Å². The van der Waals surface area contributed by atoms with Crippen LogP contribution < -0.4 is 5.32 Å². The molecule has 1 amide bonds. The average molecular weight is 155 g/mol. The number of H-pyrrole nitrogens is 1. The molecule has 0 aromatic carbocycles. The van der Waals surface area contributed by atoms with E-state index in [2.05, 4.69) is 25.9 Å². The maximum atomic E-state index is 10.4. The van der Waals surface area contributed by atoms with Gasteiger partial charge in [-0.1, -0.05) is 0 Å². The van der Waals surface area contributed by atoms with Crippen molar-refractivity contribution in [3.63, 3.8) is 0 Å². The second kappa shape index (κ2) is 3.65. The Balaban J connectivity index is 2.19. The van der Waals surface area contributed by atoms with E-state index < -0.39 is 0 Å². The van der Waals surface area contributed by atoms with Gasteiger partial charge in [0.2, 0.25) is 5.91 Å². The summed E-state index contributed by atoms with van der Waals surface area (Å²) in [6.45, 7) is 2.03. The molecule has 1 aromatic heterocycles. The number of aromatic amines is 1. The number of hydrogen-bond acceptors (Lipinski definition) is 4. The summed E-state index contributed by atoms with van der Waals surface area (Å²) >= 11 is 0. The van der Waals surface area contributed by atoms with Crippen LogP contribution in [0.3, 0.4) is 0 Å². The fraction of sp³-hybridized carbons (Fsp3) is 0.600. The SMILES string of the molecule is CC(=O)NCCc1nnn[nH]1. The molecule has 1 aromatic rings. The van der Waals surface area contributed by atoms with E-state index in [4.69, 9.17) is 0 Å². The highest BCUT2D eigenvalue weighted by molar-refractivity contribution is 5.72. The lowest BCUT2D eigenvalue weighted by molar-refractivity contribution is -0.118. The van der Waals surface area contributed by atoms with Gasteiger partial charge in [-0.3, -0.25) is 4.79 Å². The predicted molar refractivity (Wildman–Crippen MR) is 36.6 cm³/mol. The molecule has 0 aliphatic carbocycles. The molecule has 0 unspecified atom stereocenters. The third-order valence-electron chi connectivity index (χ3n) is 1.12. The topological polar surface area (TPSA) is 83.6 Å². The molecule has 0 bridgehead atoms. The number of nitrogens with zero attached hydrogens (tertiary/aromatic N) is 3. The van der Waals surface area contributed by atoms with Crippen molar-refractivity contribution in [2.45, 2.75) is 13.3 Å². The minimum atomic E-state index is -0.0440. The molecule has 0 aliphatic heterocycles. The molecule has 6 heteroatoms. The lowest BCUT2D eigenvalue weighted by Crippen LogP contribution is -2.22. The first-order valence-electron chi connectivity index (χ1n) is 3.26. The highest BCUT2D eigenvalue weighted by Gasteiger charge is 1.96. The highest BCUT2D eigenvalue weighted by atomic mass is 16.1. The van der Waals surface area contributed by atoms with Gasteiger partial charge in [-0.2, -0.15) is 0 Å². The largest absolute Gasteiger partial charge is 0.356 e. The molecular weight excluding hydrogens is 146 g/mol. The van der Waals surface area contributed by atoms with Crippen LogP contribution >= 0.6 is 0 Å². The Bertz CT molecular complexity index is 219. The van der Waals surface area contributed by atoms with E-state index in [1.165, 1.54) is 6.92 Å². The van der Waals surface area contributed by atoms with E-state index >= 15 is 0 Å². The zero-order valence-corrected chi connectivity index (χ0v) is 6.16. The maximum absolute atomic E-state index is 10.4. The molecule has 0 saturated carbocycles. The Morgan fingerprint density at radius 2 is 2.55 bits per heavy atom. The average Bonchev–Trinajstić information content (AvgIpc) is 2.39. The van der Waals surface area contributed by atoms with E-state index in [-0.39, 0.29) is 5.91 Å². The van der Waals surface area contributed by atoms with Crippen LogP contribution in [0.5, 0.6) is 0 Å². The minimum Gasteiger partial charge on any atom is -0.356 e. The normalized spacial score (nSPS) is 9.55. The fourth-order valence-electron chi connectivity index (χ4n) is 0.642. The van der Waals surface area contributed by atoms with E-state index in [0.29, 0.717) is 18.8 Å².